The van der Waals surface area contributed by atoms with Crippen molar-refractivity contribution in [3.8, 4) is 0 Å². The van der Waals surface area contributed by atoms with Crippen LogP contribution in [0.3, 0.4) is 0 Å². The Hall–Kier alpha value is -1.29. The van der Waals surface area contributed by atoms with Gasteiger partial charge < -0.3 is 9.64 Å². The van der Waals surface area contributed by atoms with E-state index >= 15 is 0 Å². The third-order valence-electron chi connectivity index (χ3n) is 5.09. The van der Waals surface area contributed by atoms with Gasteiger partial charge in [0.05, 0.1) is 5.92 Å². The third kappa shape index (κ3) is 3.79. The molecule has 0 bridgehead atoms. The zero-order valence-corrected chi connectivity index (χ0v) is 16.2. The second-order valence-corrected chi connectivity index (χ2v) is 7.32. The summed E-state index contributed by atoms with van der Waals surface area (Å²) in [7, 11) is 3.29. The Morgan fingerprint density at radius 1 is 1.13 bits per heavy atom. The van der Waals surface area contributed by atoms with Crippen molar-refractivity contribution in [3.05, 3.63) is 22.3 Å². The quantitative estimate of drug-likeness (QED) is 0.566. The van der Waals surface area contributed by atoms with Gasteiger partial charge in [-0.2, -0.15) is 0 Å². The van der Waals surface area contributed by atoms with Gasteiger partial charge in [-0.1, -0.05) is 6.92 Å². The van der Waals surface area contributed by atoms with E-state index in [1.54, 1.807) is 21.0 Å². The fourth-order valence-electron chi connectivity index (χ4n) is 2.80. The highest BCUT2D eigenvalue weighted by atomic mass is 35.5. The van der Waals surface area contributed by atoms with Gasteiger partial charge in [0, 0.05) is 14.1 Å². The largest absolute Gasteiger partial charge is 0.450 e. The highest BCUT2D eigenvalue weighted by Gasteiger charge is 2.41. The summed E-state index contributed by atoms with van der Waals surface area (Å²) in [6, 6.07) is 0. The van der Waals surface area contributed by atoms with Crippen molar-refractivity contribution in [2.75, 3.05) is 14.1 Å². The zero-order chi connectivity index (χ0) is 18.1. The van der Waals surface area contributed by atoms with E-state index in [2.05, 4.69) is 0 Å². The summed E-state index contributed by atoms with van der Waals surface area (Å²) in [5, 5.41) is -0.722. The number of allylic oxidation sites excluding steroid dienone is 2. The molecule has 0 aliphatic heterocycles. The van der Waals surface area contributed by atoms with Crippen LogP contribution in [0, 0.1) is 5.92 Å². The number of esters is 1. The molecule has 5 heteroatoms. The van der Waals surface area contributed by atoms with Crippen LogP contribution in [0.2, 0.25) is 0 Å². The van der Waals surface area contributed by atoms with Gasteiger partial charge in [0.2, 0.25) is 5.91 Å². The maximum absolute atomic E-state index is 12.5. The molecule has 0 aromatic carbocycles. The van der Waals surface area contributed by atoms with E-state index in [0.29, 0.717) is 0 Å². The normalized spacial score (nSPS) is 19.7. The van der Waals surface area contributed by atoms with Crippen molar-refractivity contribution in [2.45, 2.75) is 58.9 Å². The maximum Gasteiger partial charge on any atom is 0.309 e. The first-order chi connectivity index (χ1) is 10.4. The van der Waals surface area contributed by atoms with Gasteiger partial charge in [-0.15, -0.1) is 11.6 Å². The highest BCUT2D eigenvalue weighted by Crippen LogP contribution is 2.42. The fraction of sp³-hybridized carbons (Fsp3) is 0.667. The Morgan fingerprint density at radius 2 is 1.57 bits per heavy atom. The minimum atomic E-state index is -0.722. The van der Waals surface area contributed by atoms with Gasteiger partial charge in [-0.3, -0.25) is 9.59 Å². The summed E-state index contributed by atoms with van der Waals surface area (Å²) in [5.41, 5.74) is 3.75. The van der Waals surface area contributed by atoms with Gasteiger partial charge in [0.25, 0.3) is 0 Å². The summed E-state index contributed by atoms with van der Waals surface area (Å²) in [4.78, 5) is 25.7. The lowest BCUT2D eigenvalue weighted by Gasteiger charge is -2.30. The van der Waals surface area contributed by atoms with Gasteiger partial charge >= 0.3 is 5.97 Å². The molecule has 0 aromatic rings. The Morgan fingerprint density at radius 3 is 1.96 bits per heavy atom. The number of nitrogens with zero attached hydrogens (tertiary/aromatic N) is 1. The molecular formula is C18H28ClNO3. The molecule has 0 aromatic heterocycles. The molecule has 23 heavy (non-hydrogen) atoms. The molecule has 1 amide bonds. The third-order valence-corrected chi connectivity index (χ3v) is 5.46. The standard InChI is InChI=1S/C18H28ClNO3/c1-10(9-15(19)16(21)20(7)8)17(22)23-18(6)13(4)11(2)12(3)14(18)5/h10,15H,9H2,1-8H3. The molecule has 1 aliphatic carbocycles. The maximum atomic E-state index is 12.5. The summed E-state index contributed by atoms with van der Waals surface area (Å²) in [6.45, 7) is 11.7. The number of carbonyl (C=O) groups excluding carboxylic acids is 2. The highest BCUT2D eigenvalue weighted by molar-refractivity contribution is 6.30. The summed E-state index contributed by atoms with van der Waals surface area (Å²) < 4.78 is 5.83. The van der Waals surface area contributed by atoms with E-state index in [1.165, 1.54) is 16.0 Å². The number of hydrogen-bond acceptors (Lipinski definition) is 3. The molecule has 130 valence electrons. The monoisotopic (exact) mass is 341 g/mol. The van der Waals surface area contributed by atoms with Crippen LogP contribution in [0.1, 0.15) is 48.0 Å². The van der Waals surface area contributed by atoms with Crippen molar-refractivity contribution in [2.24, 2.45) is 5.92 Å². The molecule has 0 radical (unpaired) electrons. The van der Waals surface area contributed by atoms with E-state index in [-0.39, 0.29) is 18.3 Å². The first kappa shape index (κ1) is 19.8. The number of hydrogen-bond donors (Lipinski definition) is 0. The second-order valence-electron chi connectivity index (χ2n) is 6.79. The Kier molecular flexibility index (Phi) is 6.08. The van der Waals surface area contributed by atoms with Crippen LogP contribution in [0.15, 0.2) is 22.3 Å². The van der Waals surface area contributed by atoms with Crippen molar-refractivity contribution >= 4 is 23.5 Å². The minimum absolute atomic E-state index is 0.197. The van der Waals surface area contributed by atoms with E-state index in [4.69, 9.17) is 16.3 Å². The van der Waals surface area contributed by atoms with Gasteiger partial charge in [0.1, 0.15) is 5.38 Å². The van der Waals surface area contributed by atoms with E-state index in [0.717, 1.165) is 11.1 Å². The number of halogens is 1. The fourth-order valence-corrected chi connectivity index (χ4v) is 3.26. The number of carbonyl (C=O) groups is 2. The predicted octanol–water partition coefficient (Wildman–Crippen LogP) is 3.70. The van der Waals surface area contributed by atoms with Crippen LogP contribution >= 0.6 is 11.6 Å². The minimum Gasteiger partial charge on any atom is -0.450 e. The molecule has 1 aliphatic rings. The molecule has 0 saturated carbocycles. The molecule has 0 heterocycles. The molecule has 4 nitrogen and oxygen atoms in total. The first-order valence-electron chi connectivity index (χ1n) is 7.87. The molecule has 0 saturated heterocycles. The van der Waals surface area contributed by atoms with Crippen molar-refractivity contribution in [1.29, 1.82) is 0 Å². The SMILES string of the molecule is CC1=C(C)C(C)(OC(=O)C(C)CC(Cl)C(=O)N(C)C)C(C)=C1C. The Balaban J connectivity index is 2.82. The number of ether oxygens (including phenoxy) is 1. The van der Waals surface area contributed by atoms with Crippen LogP contribution < -0.4 is 0 Å². The first-order valence-corrected chi connectivity index (χ1v) is 8.31. The van der Waals surface area contributed by atoms with Crippen LogP contribution in [0.4, 0.5) is 0 Å². The average molecular weight is 342 g/mol. The lowest BCUT2D eigenvalue weighted by molar-refractivity contribution is -0.156. The number of alkyl halides is 1. The lowest BCUT2D eigenvalue weighted by atomic mass is 9.92. The Bertz CT molecular complexity index is 551. The van der Waals surface area contributed by atoms with E-state index in [9.17, 15) is 9.59 Å². The van der Waals surface area contributed by atoms with Crippen molar-refractivity contribution in [3.63, 3.8) is 0 Å². The van der Waals surface area contributed by atoms with E-state index in [1.807, 2.05) is 34.6 Å². The molecule has 0 fully saturated rings. The van der Waals surface area contributed by atoms with Gasteiger partial charge in [0.15, 0.2) is 5.60 Å². The number of rotatable bonds is 5. The van der Waals surface area contributed by atoms with Crippen LogP contribution in [-0.2, 0) is 14.3 Å². The summed E-state index contributed by atoms with van der Waals surface area (Å²) >= 11 is 6.10. The van der Waals surface area contributed by atoms with Crippen molar-refractivity contribution in [1.82, 2.24) is 4.90 Å². The van der Waals surface area contributed by atoms with Gasteiger partial charge in [-0.05, 0) is 63.3 Å². The summed E-state index contributed by atoms with van der Waals surface area (Å²) in [5.74, 6) is -0.969. The average Bonchev–Trinajstić information content (AvgIpc) is 2.62. The molecule has 0 spiro atoms. The molecule has 2 atom stereocenters. The van der Waals surface area contributed by atoms with Crippen molar-refractivity contribution < 1.29 is 14.3 Å². The lowest BCUT2D eigenvalue weighted by Crippen LogP contribution is -2.37. The summed E-state index contributed by atoms with van der Waals surface area (Å²) in [6.07, 6.45) is 0.261. The van der Waals surface area contributed by atoms with Crippen LogP contribution in [0.5, 0.6) is 0 Å². The number of amides is 1. The Labute approximate surface area is 144 Å². The van der Waals surface area contributed by atoms with Gasteiger partial charge in [-0.25, -0.2) is 0 Å². The van der Waals surface area contributed by atoms with E-state index < -0.39 is 16.9 Å². The van der Waals surface area contributed by atoms with Crippen LogP contribution in [0.25, 0.3) is 0 Å². The molecule has 2 unspecified atom stereocenters. The second kappa shape index (κ2) is 7.08. The predicted molar refractivity (Wildman–Crippen MR) is 93.4 cm³/mol. The molecule has 0 N–H and O–H groups in total. The topological polar surface area (TPSA) is 46.6 Å². The smallest absolute Gasteiger partial charge is 0.309 e. The van der Waals surface area contributed by atoms with Crippen LogP contribution in [-0.4, -0.2) is 41.8 Å². The molecule has 1 rings (SSSR count). The zero-order valence-electron chi connectivity index (χ0n) is 15.4. The molecular weight excluding hydrogens is 314 g/mol.